The van der Waals surface area contributed by atoms with E-state index in [0.717, 1.165) is 22.3 Å². The molecule has 2 atom stereocenters. The number of carbonyl (C=O) groups is 6. The molecule has 346 valence electrons. The topological polar surface area (TPSA) is 339 Å². The summed E-state index contributed by atoms with van der Waals surface area (Å²) in [5, 5.41) is 5.99. The Morgan fingerprint density at radius 3 is 1.33 bits per heavy atom. The lowest BCUT2D eigenvalue weighted by Gasteiger charge is -2.19. The molecule has 6 rings (SSSR count). The van der Waals surface area contributed by atoms with Gasteiger partial charge in [0, 0.05) is 36.4 Å². The largest absolute Gasteiger partial charge is 0.469 e. The number of H-pyrrole nitrogens is 4. The smallest absolute Gasteiger partial charge is 0.328 e. The number of aryl methyl sites for hydroxylation is 4. The molecular formula is C44H48N10O12. The van der Waals surface area contributed by atoms with Crippen LogP contribution in [0.5, 0.6) is 0 Å². The van der Waals surface area contributed by atoms with Crippen LogP contribution in [0.25, 0.3) is 22.1 Å². The van der Waals surface area contributed by atoms with E-state index in [1.807, 2.05) is 0 Å². The monoisotopic (exact) mass is 908 g/mol. The van der Waals surface area contributed by atoms with Crippen LogP contribution in [-0.4, -0.2) is 105 Å². The van der Waals surface area contributed by atoms with E-state index in [2.05, 4.69) is 40.5 Å². The number of anilines is 2. The zero-order valence-electron chi connectivity index (χ0n) is 35.9. The van der Waals surface area contributed by atoms with Crippen molar-refractivity contribution in [2.45, 2.75) is 63.5 Å². The second-order valence-electron chi connectivity index (χ2n) is 15.0. The number of carbonyl (C=O) groups excluding carboxylic acids is 6. The minimum Gasteiger partial charge on any atom is -0.469 e. The molecule has 10 N–H and O–H groups in total. The number of hydrogen-bond acceptors (Lipinski definition) is 16. The number of esters is 4. The van der Waals surface area contributed by atoms with E-state index in [-0.39, 0.29) is 59.8 Å². The van der Waals surface area contributed by atoms with E-state index in [1.165, 1.54) is 14.2 Å². The fraction of sp³-hybridized carbons (Fsp3) is 0.318. The molecule has 22 nitrogen and oxygen atoms in total. The molecule has 0 saturated heterocycles. The van der Waals surface area contributed by atoms with Crippen molar-refractivity contribution in [1.29, 1.82) is 0 Å². The molecule has 0 aliphatic carbocycles. The lowest BCUT2D eigenvalue weighted by atomic mass is 10.0. The first kappa shape index (κ1) is 47.2. The number of amides is 2. The predicted molar refractivity (Wildman–Crippen MR) is 237 cm³/mol. The number of methoxy groups -OCH3 is 2. The summed E-state index contributed by atoms with van der Waals surface area (Å²) in [5.74, 6) is -4.33. The first-order valence-corrected chi connectivity index (χ1v) is 20.7. The van der Waals surface area contributed by atoms with Crippen LogP contribution in [0.1, 0.15) is 68.7 Å². The summed E-state index contributed by atoms with van der Waals surface area (Å²) in [5.41, 5.74) is 14.9. The van der Waals surface area contributed by atoms with E-state index < -0.39 is 61.0 Å². The summed E-state index contributed by atoms with van der Waals surface area (Å²) in [7, 11) is 2.36. The number of rotatable bonds is 21. The Kier molecular flexibility index (Phi) is 15.6. The number of aromatic nitrogens is 6. The maximum atomic E-state index is 13.3. The number of nitrogens with zero attached hydrogens (tertiary/aromatic N) is 2. The van der Waals surface area contributed by atoms with Gasteiger partial charge >= 0.3 is 23.9 Å². The second-order valence-corrected chi connectivity index (χ2v) is 15.0. The molecule has 0 bridgehead atoms. The highest BCUT2D eigenvalue weighted by atomic mass is 16.6. The molecule has 0 aliphatic rings. The third kappa shape index (κ3) is 12.2. The Balaban J connectivity index is 0.998. The Morgan fingerprint density at radius 1 is 0.591 bits per heavy atom. The van der Waals surface area contributed by atoms with E-state index in [9.17, 15) is 38.4 Å². The van der Waals surface area contributed by atoms with Crippen molar-refractivity contribution in [2.75, 3.05) is 38.9 Å². The van der Waals surface area contributed by atoms with E-state index in [4.69, 9.17) is 30.4 Å². The van der Waals surface area contributed by atoms with Crippen LogP contribution < -0.4 is 33.2 Å². The number of ether oxygens (including phenoxy) is 4. The van der Waals surface area contributed by atoms with Gasteiger partial charge in [-0.2, -0.15) is 9.97 Å². The van der Waals surface area contributed by atoms with Gasteiger partial charge < -0.3 is 51.0 Å². The van der Waals surface area contributed by atoms with Crippen LogP contribution in [0.2, 0.25) is 0 Å². The number of fused-ring (bicyclic) bond motifs is 2. The zero-order valence-corrected chi connectivity index (χ0v) is 35.9. The molecule has 4 heterocycles. The van der Waals surface area contributed by atoms with Gasteiger partial charge in [0.25, 0.3) is 22.9 Å². The number of nitrogens with two attached hydrogens (primary N) is 2. The first-order chi connectivity index (χ1) is 31.7. The molecule has 66 heavy (non-hydrogen) atoms. The van der Waals surface area contributed by atoms with Gasteiger partial charge in [0.2, 0.25) is 11.9 Å². The summed E-state index contributed by atoms with van der Waals surface area (Å²) >= 11 is 0. The molecule has 4 aromatic heterocycles. The van der Waals surface area contributed by atoms with Crippen LogP contribution in [-0.2, 0) is 63.8 Å². The number of aromatic amines is 4. The Bertz CT molecular complexity index is 2650. The minimum atomic E-state index is -1.29. The van der Waals surface area contributed by atoms with E-state index in [1.54, 1.807) is 60.9 Å². The number of nitrogen functional groups attached to an aromatic ring is 2. The summed E-state index contributed by atoms with van der Waals surface area (Å²) in [6.07, 6.45) is 4.64. The first-order valence-electron chi connectivity index (χ1n) is 20.7. The van der Waals surface area contributed by atoms with Gasteiger partial charge in [-0.25, -0.2) is 9.59 Å². The number of benzene rings is 2. The molecule has 0 saturated carbocycles. The fourth-order valence-corrected chi connectivity index (χ4v) is 7.03. The molecule has 0 spiro atoms. The van der Waals surface area contributed by atoms with E-state index in [0.29, 0.717) is 47.8 Å². The minimum absolute atomic E-state index is 0.00242. The van der Waals surface area contributed by atoms with Crippen molar-refractivity contribution < 1.29 is 47.7 Å². The van der Waals surface area contributed by atoms with E-state index >= 15 is 0 Å². The van der Waals surface area contributed by atoms with Gasteiger partial charge in [-0.15, -0.1) is 0 Å². The molecule has 0 fully saturated rings. The van der Waals surface area contributed by atoms with Crippen LogP contribution in [0.4, 0.5) is 11.9 Å². The quantitative estimate of drug-likeness (QED) is 0.0288. The van der Waals surface area contributed by atoms with Crippen LogP contribution in [0.3, 0.4) is 0 Å². The van der Waals surface area contributed by atoms with Crippen LogP contribution in [0, 0.1) is 0 Å². The van der Waals surface area contributed by atoms with Gasteiger partial charge in [0.05, 0.1) is 25.0 Å². The van der Waals surface area contributed by atoms with Gasteiger partial charge in [0.1, 0.15) is 36.6 Å². The van der Waals surface area contributed by atoms with Crippen molar-refractivity contribution in [3.05, 3.63) is 115 Å². The van der Waals surface area contributed by atoms with Gasteiger partial charge in [0.15, 0.2) is 0 Å². The van der Waals surface area contributed by atoms with Crippen LogP contribution >= 0.6 is 0 Å². The maximum absolute atomic E-state index is 13.3. The molecule has 2 amide bonds. The van der Waals surface area contributed by atoms with Crippen LogP contribution in [0.15, 0.2) is 70.5 Å². The number of nitrogens with one attached hydrogen (secondary N) is 6. The molecular weight excluding hydrogens is 861 g/mol. The molecule has 0 unspecified atom stereocenters. The standard InChI is InChI=1S/C44H48N10O12/c1-63-31(55)17-15-29(49-37(57)25-9-3-23(4-10-25)7-13-27-21-47-35-33(27)39(59)53-43(45)51-35)41(61)65-19-20-66-42(62)30(16-18-32(56)64-2)50-38(58)26-11-5-24(6-12-26)8-14-28-22-48-36-34(28)40(60)54-44(46)52-36/h3-6,9-12,21-22,29-30H,7-8,13-20H2,1-2H3,(H,49,57)(H,50,58)(H4,45,47,51,53,59)(H4,46,48,52,54,60)/t29-,30-/m0/s1. The average Bonchev–Trinajstić information content (AvgIpc) is 3.92. The maximum Gasteiger partial charge on any atom is 0.328 e. The van der Waals surface area contributed by atoms with Gasteiger partial charge in [-0.3, -0.25) is 38.7 Å². The summed E-state index contributed by atoms with van der Waals surface area (Å²) < 4.78 is 20.0. The molecule has 0 aliphatic heterocycles. The SMILES string of the molecule is COC(=O)CC[C@H](NC(=O)c1ccc(CCc2c[nH]c3nc(N)[nH]c(=O)c23)cc1)C(=O)OCCOC(=O)[C@H](CCC(=O)OC)NC(=O)c1ccc(CCc2c[nH]c3nc(N)[nH]c(=O)c23)cc1. The lowest BCUT2D eigenvalue weighted by molar-refractivity contribution is -0.155. The molecule has 22 heteroatoms. The van der Waals surface area contributed by atoms with Crippen molar-refractivity contribution in [1.82, 2.24) is 40.5 Å². The second kappa shape index (κ2) is 21.9. The zero-order chi connectivity index (χ0) is 47.3. The Morgan fingerprint density at radius 2 is 0.970 bits per heavy atom. The van der Waals surface area contributed by atoms with Crippen molar-refractivity contribution in [3.8, 4) is 0 Å². The third-order valence-corrected chi connectivity index (χ3v) is 10.6. The average molecular weight is 909 g/mol. The summed E-state index contributed by atoms with van der Waals surface area (Å²) in [4.78, 5) is 121. The van der Waals surface area contributed by atoms with Gasteiger partial charge in [-0.1, -0.05) is 24.3 Å². The Hall–Kier alpha value is -8.30. The Labute approximate surface area is 374 Å². The van der Waals surface area contributed by atoms with Crippen molar-refractivity contribution in [2.24, 2.45) is 0 Å². The summed E-state index contributed by atoms with van der Waals surface area (Å²) in [6, 6.07) is 10.6. The lowest BCUT2D eigenvalue weighted by Crippen LogP contribution is -2.43. The van der Waals surface area contributed by atoms with Crippen molar-refractivity contribution in [3.63, 3.8) is 0 Å². The highest BCUT2D eigenvalue weighted by Crippen LogP contribution is 2.18. The molecule has 6 aromatic rings. The van der Waals surface area contributed by atoms with Gasteiger partial charge in [-0.05, 0) is 85.0 Å². The third-order valence-electron chi connectivity index (χ3n) is 10.6. The van der Waals surface area contributed by atoms with Crippen molar-refractivity contribution >= 4 is 69.7 Å². The normalized spacial score (nSPS) is 12.0. The fourth-order valence-electron chi connectivity index (χ4n) is 7.03. The highest BCUT2D eigenvalue weighted by Gasteiger charge is 2.27. The summed E-state index contributed by atoms with van der Waals surface area (Å²) in [6.45, 7) is -0.904. The molecule has 0 radical (unpaired) electrons. The highest BCUT2D eigenvalue weighted by molar-refractivity contribution is 5.97. The predicted octanol–water partition coefficient (Wildman–Crippen LogP) is 1.44. The number of hydrogen-bond donors (Lipinski definition) is 8. The molecule has 2 aromatic carbocycles.